The van der Waals surface area contributed by atoms with Crippen LogP contribution in [0.4, 0.5) is 5.82 Å². The number of hydrogen-bond donors (Lipinski definition) is 1. The largest absolute Gasteiger partial charge is 0.464 e. The van der Waals surface area contributed by atoms with Crippen LogP contribution in [-0.2, 0) is 14.3 Å². The Kier molecular flexibility index (Phi) is 11.4. The van der Waals surface area contributed by atoms with Crippen LogP contribution in [0.2, 0.25) is 0 Å². The van der Waals surface area contributed by atoms with E-state index in [0.29, 0.717) is 20.2 Å². The molecule has 0 aromatic carbocycles. The standard InChI is InChI=1S/C9H8BrN3O2.C6H6BrN3O2.C3H5BrO/c1-5-3-13-4-6(9(14)15-2)12-7(10)8(13)11-5;1-12-6(11)3-2-9-5(8)4(7)10-3;1-3(5)2-4/h3-4H,1-2H3;2H,1H3,(H2,8,9);2H2,1H3. The number of hydrogen-bond acceptors (Lipinski definition) is 10. The summed E-state index contributed by atoms with van der Waals surface area (Å²) < 4.78 is 11.6. The van der Waals surface area contributed by atoms with Gasteiger partial charge in [-0.05, 0) is 45.7 Å². The number of esters is 2. The summed E-state index contributed by atoms with van der Waals surface area (Å²) in [6.07, 6.45) is 4.66. The number of anilines is 1. The number of fused-ring (bicyclic) bond motifs is 1. The first kappa shape index (κ1) is 27.6. The number of aryl methyl sites for hydroxylation is 1. The van der Waals surface area contributed by atoms with Crippen LogP contribution >= 0.6 is 47.8 Å². The van der Waals surface area contributed by atoms with Gasteiger partial charge in [-0.1, -0.05) is 15.9 Å². The van der Waals surface area contributed by atoms with Crippen LogP contribution in [0.15, 0.2) is 27.8 Å². The van der Waals surface area contributed by atoms with Crippen LogP contribution < -0.4 is 5.73 Å². The zero-order chi connectivity index (χ0) is 24.4. The molecule has 3 heterocycles. The third kappa shape index (κ3) is 8.24. The summed E-state index contributed by atoms with van der Waals surface area (Å²) >= 11 is 9.26. The van der Waals surface area contributed by atoms with Gasteiger partial charge in [0, 0.05) is 12.4 Å². The number of nitrogens with zero attached hydrogens (tertiary/aromatic N) is 5. The van der Waals surface area contributed by atoms with Crippen molar-refractivity contribution in [2.24, 2.45) is 0 Å². The Morgan fingerprint density at radius 1 is 1.00 bits per heavy atom. The third-order valence-corrected chi connectivity index (χ3v) is 5.16. The molecule has 2 N–H and O–H groups in total. The molecule has 0 bridgehead atoms. The van der Waals surface area contributed by atoms with Crippen LogP contribution in [0.1, 0.15) is 33.6 Å². The number of Topliss-reactive ketones (excluding diaryl/α,β-unsaturated/α-hetero) is 1. The maximum absolute atomic E-state index is 11.3. The number of rotatable bonds is 3. The normalized spacial score (nSPS) is 9.72. The Hall–Kier alpha value is -2.45. The van der Waals surface area contributed by atoms with Crippen LogP contribution in [0.5, 0.6) is 0 Å². The van der Waals surface area contributed by atoms with Gasteiger partial charge in [0.15, 0.2) is 22.9 Å². The van der Waals surface area contributed by atoms with Crippen LogP contribution in [0, 0.1) is 6.92 Å². The van der Waals surface area contributed by atoms with Crippen molar-refractivity contribution in [3.63, 3.8) is 0 Å². The molecule has 0 aliphatic carbocycles. The molecule has 3 rings (SSSR count). The van der Waals surface area contributed by atoms with E-state index in [2.05, 4.69) is 77.2 Å². The highest BCUT2D eigenvalue weighted by molar-refractivity contribution is 9.10. The maximum Gasteiger partial charge on any atom is 0.358 e. The fourth-order valence-corrected chi connectivity index (χ4v) is 2.64. The lowest BCUT2D eigenvalue weighted by atomic mass is 10.4. The summed E-state index contributed by atoms with van der Waals surface area (Å²) in [4.78, 5) is 47.7. The molecule has 0 saturated heterocycles. The van der Waals surface area contributed by atoms with Gasteiger partial charge in [0.25, 0.3) is 0 Å². The second-order valence-corrected chi connectivity index (χ2v) is 7.84. The van der Waals surface area contributed by atoms with Crippen molar-refractivity contribution >= 4 is 77.0 Å². The topological polar surface area (TPSA) is 152 Å². The van der Waals surface area contributed by atoms with Crippen LogP contribution in [-0.4, -0.2) is 61.6 Å². The molecule has 0 unspecified atom stereocenters. The smallest absolute Gasteiger partial charge is 0.358 e. The van der Waals surface area contributed by atoms with Gasteiger partial charge in [-0.15, -0.1) is 0 Å². The van der Waals surface area contributed by atoms with E-state index >= 15 is 0 Å². The highest BCUT2D eigenvalue weighted by Gasteiger charge is 2.12. The molecular formula is C18H19Br3N6O5. The number of ketones is 1. The molecule has 32 heavy (non-hydrogen) atoms. The van der Waals surface area contributed by atoms with E-state index in [1.807, 2.05) is 13.1 Å². The quantitative estimate of drug-likeness (QED) is 0.334. The monoisotopic (exact) mass is 636 g/mol. The fourth-order valence-electron chi connectivity index (χ4n) is 1.87. The van der Waals surface area contributed by atoms with Gasteiger partial charge in [0.1, 0.15) is 15.0 Å². The number of methoxy groups -OCH3 is 2. The van der Waals surface area contributed by atoms with Crippen molar-refractivity contribution in [3.05, 3.63) is 44.9 Å². The molecule has 0 saturated carbocycles. The number of nitrogens with two attached hydrogens (primary N) is 1. The molecule has 14 heteroatoms. The molecule has 0 spiro atoms. The summed E-state index contributed by atoms with van der Waals surface area (Å²) in [5.74, 6) is -0.597. The molecule has 11 nitrogen and oxygen atoms in total. The predicted octanol–water partition coefficient (Wildman–Crippen LogP) is 3.17. The summed E-state index contributed by atoms with van der Waals surface area (Å²) in [5.41, 5.74) is 7.27. The third-order valence-electron chi connectivity index (χ3n) is 3.25. The van der Waals surface area contributed by atoms with Gasteiger partial charge in [0.2, 0.25) is 0 Å². The SMILES string of the molecule is CC(=O)CBr.COC(=O)c1cn2cc(C)nc2c(Br)n1.COC(=O)c1cnc(N)c(Br)n1. The molecule has 0 aliphatic rings. The van der Waals surface area contributed by atoms with E-state index in [9.17, 15) is 14.4 Å². The second-order valence-electron chi connectivity index (χ2n) is 5.78. The van der Waals surface area contributed by atoms with Crippen molar-refractivity contribution in [2.75, 3.05) is 25.3 Å². The molecule has 172 valence electrons. The van der Waals surface area contributed by atoms with Crippen molar-refractivity contribution < 1.29 is 23.9 Å². The molecule has 0 amide bonds. The fraction of sp³-hybridized carbons (Fsp3) is 0.278. The number of nitrogen functional groups attached to an aromatic ring is 1. The second kappa shape index (κ2) is 13.2. The lowest BCUT2D eigenvalue weighted by Gasteiger charge is -2.00. The average molecular weight is 639 g/mol. The number of halogens is 3. The van der Waals surface area contributed by atoms with Crippen molar-refractivity contribution in [1.29, 1.82) is 0 Å². The van der Waals surface area contributed by atoms with Gasteiger partial charge in [-0.3, -0.25) is 4.79 Å². The number of alkyl halides is 1. The number of carbonyl (C=O) groups excluding carboxylic acids is 3. The first-order valence-corrected chi connectivity index (χ1v) is 11.3. The zero-order valence-corrected chi connectivity index (χ0v) is 22.2. The maximum atomic E-state index is 11.3. The van der Waals surface area contributed by atoms with Gasteiger partial charge in [-0.25, -0.2) is 29.5 Å². The lowest BCUT2D eigenvalue weighted by molar-refractivity contribution is -0.114. The van der Waals surface area contributed by atoms with Crippen molar-refractivity contribution in [2.45, 2.75) is 13.8 Å². The van der Waals surface area contributed by atoms with Crippen LogP contribution in [0.25, 0.3) is 5.65 Å². The Labute approximate surface area is 208 Å². The van der Waals surface area contributed by atoms with E-state index in [1.165, 1.54) is 27.3 Å². The Morgan fingerprint density at radius 3 is 2.03 bits per heavy atom. The van der Waals surface area contributed by atoms with Gasteiger partial charge < -0.3 is 19.6 Å². The van der Waals surface area contributed by atoms with Crippen molar-refractivity contribution in [1.82, 2.24) is 24.3 Å². The van der Waals surface area contributed by atoms with Gasteiger partial charge in [-0.2, -0.15) is 0 Å². The number of aromatic nitrogens is 5. The van der Waals surface area contributed by atoms with Gasteiger partial charge >= 0.3 is 11.9 Å². The predicted molar refractivity (Wildman–Crippen MR) is 127 cm³/mol. The average Bonchev–Trinajstić information content (AvgIpc) is 3.16. The van der Waals surface area contributed by atoms with Crippen LogP contribution in [0.3, 0.4) is 0 Å². The lowest BCUT2D eigenvalue weighted by Crippen LogP contribution is -2.06. The molecular weight excluding hydrogens is 620 g/mol. The van der Waals surface area contributed by atoms with E-state index in [1.54, 1.807) is 10.6 Å². The Balaban J connectivity index is 0.000000270. The Morgan fingerprint density at radius 2 is 1.53 bits per heavy atom. The first-order chi connectivity index (χ1) is 15.0. The highest BCUT2D eigenvalue weighted by Crippen LogP contribution is 2.16. The van der Waals surface area contributed by atoms with Crippen molar-refractivity contribution in [3.8, 4) is 0 Å². The summed E-state index contributed by atoms with van der Waals surface area (Å²) in [6.45, 7) is 3.41. The minimum atomic E-state index is -0.539. The summed E-state index contributed by atoms with van der Waals surface area (Å²) in [7, 11) is 2.59. The minimum absolute atomic E-state index is 0.124. The first-order valence-electron chi connectivity index (χ1n) is 8.55. The summed E-state index contributed by atoms with van der Waals surface area (Å²) in [6, 6.07) is 0. The number of imidazole rings is 1. The van der Waals surface area contributed by atoms with E-state index in [-0.39, 0.29) is 23.0 Å². The molecule has 3 aromatic rings. The Bertz CT molecular complexity index is 1120. The van der Waals surface area contributed by atoms with Gasteiger partial charge in [0.05, 0.1) is 31.4 Å². The molecule has 0 atom stereocenters. The molecule has 0 aliphatic heterocycles. The number of ether oxygens (including phenoxy) is 2. The molecule has 3 aromatic heterocycles. The minimum Gasteiger partial charge on any atom is -0.464 e. The molecule has 0 fully saturated rings. The highest BCUT2D eigenvalue weighted by atomic mass is 79.9. The van der Waals surface area contributed by atoms with E-state index < -0.39 is 11.9 Å². The van der Waals surface area contributed by atoms with E-state index in [4.69, 9.17) is 5.73 Å². The summed E-state index contributed by atoms with van der Waals surface area (Å²) in [5, 5.41) is 0.479. The zero-order valence-electron chi connectivity index (χ0n) is 17.4. The van der Waals surface area contributed by atoms with E-state index in [0.717, 1.165) is 5.69 Å². The number of carbonyl (C=O) groups is 3. The molecule has 0 radical (unpaired) electrons.